The van der Waals surface area contributed by atoms with E-state index in [2.05, 4.69) is 83.2 Å². The third-order valence-corrected chi connectivity index (χ3v) is 15.3. The molecule has 0 bridgehead atoms. The Bertz CT molecular complexity index is 1760. The molecule has 4 heterocycles. The van der Waals surface area contributed by atoms with E-state index in [0.717, 1.165) is 71.3 Å². The first kappa shape index (κ1) is 41.3. The average molecular weight is 771 g/mol. The van der Waals surface area contributed by atoms with E-state index >= 15 is 8.78 Å². The molecule has 1 aliphatic heterocycles. The zero-order valence-corrected chi connectivity index (χ0v) is 36.3. The predicted molar refractivity (Wildman–Crippen MR) is 222 cm³/mol. The van der Waals surface area contributed by atoms with Gasteiger partial charge in [0.25, 0.3) is 0 Å². The Labute approximate surface area is 325 Å². The van der Waals surface area contributed by atoms with Crippen molar-refractivity contribution in [2.75, 3.05) is 0 Å². The summed E-state index contributed by atoms with van der Waals surface area (Å²) < 4.78 is 48.9. The van der Waals surface area contributed by atoms with E-state index in [9.17, 15) is 0 Å². The lowest BCUT2D eigenvalue weighted by molar-refractivity contribution is 0.0322. The SMILES string of the molecule is CCC(C)(CC)c1cc2c(s1)-c1sc(-c3c(F)c(F)c(C(C)C)c4nsnc34)cc1C(CCC(C)CCCC(C)C)(CCC(C)CCCC(C)C)O2. The van der Waals surface area contributed by atoms with Crippen molar-refractivity contribution in [1.82, 2.24) is 8.75 Å². The molecule has 1 aromatic carbocycles. The van der Waals surface area contributed by atoms with Crippen molar-refractivity contribution >= 4 is 45.4 Å². The second-order valence-electron chi connectivity index (χ2n) is 17.5. The van der Waals surface area contributed by atoms with Crippen LogP contribution in [0.5, 0.6) is 5.75 Å². The first-order chi connectivity index (χ1) is 24.6. The maximum atomic E-state index is 16.4. The monoisotopic (exact) mass is 770 g/mol. The van der Waals surface area contributed by atoms with E-state index < -0.39 is 17.2 Å². The Hall–Kier alpha value is -1.90. The first-order valence-electron chi connectivity index (χ1n) is 20.3. The number of thiophene rings is 2. The highest BCUT2D eigenvalue weighted by atomic mass is 32.1. The van der Waals surface area contributed by atoms with Gasteiger partial charge < -0.3 is 4.74 Å². The van der Waals surface area contributed by atoms with Crippen LogP contribution < -0.4 is 4.74 Å². The summed E-state index contributed by atoms with van der Waals surface area (Å²) in [5.74, 6) is 1.71. The highest BCUT2D eigenvalue weighted by molar-refractivity contribution is 7.24. The Kier molecular flexibility index (Phi) is 13.7. The van der Waals surface area contributed by atoms with Crippen molar-refractivity contribution in [2.45, 2.75) is 170 Å². The highest BCUT2D eigenvalue weighted by Crippen LogP contribution is 2.59. The number of halogens is 2. The summed E-state index contributed by atoms with van der Waals surface area (Å²) in [7, 11) is 0. The fraction of sp³-hybridized carbons (Fsp3) is 0.682. The number of fused-ring (bicyclic) bond motifs is 4. The zero-order valence-electron chi connectivity index (χ0n) is 33.8. The van der Waals surface area contributed by atoms with Crippen molar-refractivity contribution < 1.29 is 13.5 Å². The van der Waals surface area contributed by atoms with Crippen LogP contribution in [0.3, 0.4) is 0 Å². The standard InChI is InChI=1S/C44H64F2N2OS3/c1-12-43(11,13-2)34-25-32-42(51-34)41-31(24-33(50-41)36-38(46)37(45)35(28(7)8)39-40(36)48-52-47-39)44(49-32,22-20-29(9)18-14-16-26(3)4)23-21-30(10)19-15-17-27(5)6/h24-30H,12-23H2,1-11H3. The van der Waals surface area contributed by atoms with Crippen molar-refractivity contribution in [3.05, 3.63) is 39.8 Å². The number of rotatable bonds is 19. The molecule has 2 atom stereocenters. The number of ether oxygens (including phenoxy) is 1. The molecule has 0 amide bonds. The van der Waals surface area contributed by atoms with Crippen LogP contribution in [-0.2, 0) is 11.0 Å². The second-order valence-corrected chi connectivity index (χ2v) is 20.1. The van der Waals surface area contributed by atoms with Gasteiger partial charge in [-0.1, -0.05) is 115 Å². The van der Waals surface area contributed by atoms with Gasteiger partial charge in [0, 0.05) is 26.3 Å². The fourth-order valence-corrected chi connectivity index (χ4v) is 11.4. The Morgan fingerprint density at radius 1 is 0.731 bits per heavy atom. The average Bonchev–Trinajstić information content (AvgIpc) is 3.85. The minimum atomic E-state index is -0.816. The van der Waals surface area contributed by atoms with Crippen LogP contribution in [0.4, 0.5) is 8.78 Å². The van der Waals surface area contributed by atoms with Crippen LogP contribution in [-0.4, -0.2) is 8.75 Å². The summed E-state index contributed by atoms with van der Waals surface area (Å²) in [5, 5.41) is 0. The molecule has 8 heteroatoms. The third-order valence-electron chi connectivity index (χ3n) is 12.1. The van der Waals surface area contributed by atoms with Crippen LogP contribution in [0, 0.1) is 35.3 Å². The maximum Gasteiger partial charge on any atom is 0.170 e. The van der Waals surface area contributed by atoms with E-state index in [1.165, 1.54) is 43.4 Å². The Morgan fingerprint density at radius 2 is 1.31 bits per heavy atom. The van der Waals surface area contributed by atoms with Gasteiger partial charge in [-0.15, -0.1) is 22.7 Å². The number of benzene rings is 1. The molecule has 1 aliphatic rings. The van der Waals surface area contributed by atoms with Crippen molar-refractivity contribution in [1.29, 1.82) is 0 Å². The molecular formula is C44H64F2N2OS3. The van der Waals surface area contributed by atoms with Crippen LogP contribution in [0.25, 0.3) is 31.2 Å². The van der Waals surface area contributed by atoms with Gasteiger partial charge in [0.1, 0.15) is 22.4 Å². The summed E-state index contributed by atoms with van der Waals surface area (Å²) >= 11 is 4.45. The molecule has 52 heavy (non-hydrogen) atoms. The van der Waals surface area contributed by atoms with Gasteiger partial charge >= 0.3 is 0 Å². The van der Waals surface area contributed by atoms with E-state index in [1.54, 1.807) is 11.3 Å². The summed E-state index contributed by atoms with van der Waals surface area (Å²) in [5.41, 5.74) is 2.15. The molecule has 5 rings (SSSR count). The maximum absolute atomic E-state index is 16.4. The minimum absolute atomic E-state index is 0.0461. The molecule has 3 nitrogen and oxygen atoms in total. The zero-order chi connectivity index (χ0) is 38.0. The normalized spacial score (nSPS) is 17.3. The van der Waals surface area contributed by atoms with Gasteiger partial charge in [-0.25, -0.2) is 8.78 Å². The predicted octanol–water partition coefficient (Wildman–Crippen LogP) is 15.7. The van der Waals surface area contributed by atoms with Crippen LogP contribution in [0.1, 0.15) is 175 Å². The van der Waals surface area contributed by atoms with E-state index in [-0.39, 0.29) is 16.9 Å². The van der Waals surface area contributed by atoms with Gasteiger partial charge in [0.15, 0.2) is 11.6 Å². The van der Waals surface area contributed by atoms with Crippen LogP contribution in [0.2, 0.25) is 0 Å². The number of hydrogen-bond acceptors (Lipinski definition) is 6. The van der Waals surface area contributed by atoms with Crippen LogP contribution in [0.15, 0.2) is 12.1 Å². The largest absolute Gasteiger partial charge is 0.481 e. The molecule has 2 unspecified atom stereocenters. The lowest BCUT2D eigenvalue weighted by atomic mass is 9.78. The molecule has 0 aliphatic carbocycles. The molecule has 4 aromatic rings. The van der Waals surface area contributed by atoms with E-state index in [4.69, 9.17) is 4.74 Å². The molecule has 0 saturated heterocycles. The van der Waals surface area contributed by atoms with E-state index in [1.807, 2.05) is 25.2 Å². The van der Waals surface area contributed by atoms with Crippen LogP contribution >= 0.6 is 34.4 Å². The number of nitrogens with zero attached hydrogens (tertiary/aromatic N) is 2. The highest BCUT2D eigenvalue weighted by Gasteiger charge is 2.45. The summed E-state index contributed by atoms with van der Waals surface area (Å²) in [6.07, 6.45) is 13.4. The molecule has 3 aromatic heterocycles. The van der Waals surface area contributed by atoms with Crippen molar-refractivity contribution in [3.63, 3.8) is 0 Å². The quantitative estimate of drug-likeness (QED) is 0.0952. The molecule has 288 valence electrons. The molecule has 0 spiro atoms. The molecule has 0 N–H and O–H groups in total. The molecular weight excluding hydrogens is 707 g/mol. The molecule has 0 radical (unpaired) electrons. The van der Waals surface area contributed by atoms with Gasteiger partial charge in [-0.3, -0.25) is 0 Å². The van der Waals surface area contributed by atoms with Gasteiger partial charge in [0.2, 0.25) is 0 Å². The number of hydrogen-bond donors (Lipinski definition) is 0. The minimum Gasteiger partial charge on any atom is -0.481 e. The Balaban J connectivity index is 1.66. The Morgan fingerprint density at radius 3 is 1.85 bits per heavy atom. The van der Waals surface area contributed by atoms with Gasteiger partial charge in [-0.05, 0) is 80.2 Å². The lowest BCUT2D eigenvalue weighted by Crippen LogP contribution is -2.36. The molecule has 0 fully saturated rings. The van der Waals surface area contributed by atoms with Gasteiger partial charge in [0.05, 0.1) is 27.0 Å². The van der Waals surface area contributed by atoms with Crippen molar-refractivity contribution in [2.24, 2.45) is 23.7 Å². The lowest BCUT2D eigenvalue weighted by Gasteiger charge is -2.39. The smallest absolute Gasteiger partial charge is 0.170 e. The second kappa shape index (κ2) is 17.3. The molecule has 0 saturated carbocycles. The van der Waals surface area contributed by atoms with Crippen molar-refractivity contribution in [3.8, 4) is 25.9 Å². The van der Waals surface area contributed by atoms with Gasteiger partial charge in [-0.2, -0.15) is 8.75 Å². The summed E-state index contributed by atoms with van der Waals surface area (Å²) in [6, 6.07) is 4.47. The topological polar surface area (TPSA) is 35.0 Å². The first-order valence-corrected chi connectivity index (χ1v) is 22.6. The summed E-state index contributed by atoms with van der Waals surface area (Å²) in [4.78, 5) is 4.35. The summed E-state index contributed by atoms with van der Waals surface area (Å²) in [6.45, 7) is 24.7. The van der Waals surface area contributed by atoms with E-state index in [0.29, 0.717) is 45.1 Å². The number of aromatic nitrogens is 2. The third kappa shape index (κ3) is 8.64. The fourth-order valence-electron chi connectivity index (χ4n) is 8.00.